The van der Waals surface area contributed by atoms with Gasteiger partial charge in [0.05, 0.1) is 22.4 Å². The Labute approximate surface area is 181 Å². The number of thiazole rings is 1. The van der Waals surface area contributed by atoms with Crippen molar-refractivity contribution in [2.45, 2.75) is 57.2 Å². The van der Waals surface area contributed by atoms with Crippen molar-refractivity contribution in [3.63, 3.8) is 0 Å². The van der Waals surface area contributed by atoms with Gasteiger partial charge < -0.3 is 0 Å². The summed E-state index contributed by atoms with van der Waals surface area (Å²) in [6, 6.07) is 7.55. The Morgan fingerprint density at radius 1 is 1.31 bits per heavy atom. The fraction of sp³-hybridized carbons (Fsp3) is 0.591. The zero-order valence-electron chi connectivity index (χ0n) is 17.2. The third-order valence-corrected chi connectivity index (χ3v) is 8.66. The molecule has 4 nitrogen and oxygen atoms in total. The van der Waals surface area contributed by atoms with Crippen molar-refractivity contribution in [2.24, 2.45) is 5.92 Å². The number of aromatic nitrogens is 1. The Bertz CT molecular complexity index is 870. The van der Waals surface area contributed by atoms with E-state index in [0.717, 1.165) is 44.1 Å². The maximum Gasteiger partial charge on any atom is 0.125 e. The second kappa shape index (κ2) is 7.84. The van der Waals surface area contributed by atoms with Crippen molar-refractivity contribution in [1.29, 1.82) is 0 Å². The van der Waals surface area contributed by atoms with Gasteiger partial charge in [0.2, 0.25) is 0 Å². The first-order chi connectivity index (χ1) is 14.0. The first-order valence-corrected chi connectivity index (χ1v) is 12.2. The van der Waals surface area contributed by atoms with Crippen LogP contribution in [0.1, 0.15) is 43.2 Å². The molecule has 1 aliphatic carbocycles. The lowest BCUT2D eigenvalue weighted by Gasteiger charge is -2.47. The van der Waals surface area contributed by atoms with E-state index < -0.39 is 0 Å². The third kappa shape index (κ3) is 4.07. The summed E-state index contributed by atoms with van der Waals surface area (Å²) in [5.41, 5.74) is 4.40. The summed E-state index contributed by atoms with van der Waals surface area (Å²) in [5.74, 6) is 0.718. The van der Waals surface area contributed by atoms with E-state index in [1.165, 1.54) is 35.9 Å². The fourth-order valence-electron chi connectivity index (χ4n) is 4.94. The molecular weight excluding hydrogens is 403 g/mol. The molecule has 1 aromatic carbocycles. The number of rotatable bonds is 5. The van der Waals surface area contributed by atoms with Crippen LogP contribution in [0, 0.1) is 11.7 Å². The minimum atomic E-state index is -0.160. The molecule has 0 bridgehead atoms. The summed E-state index contributed by atoms with van der Waals surface area (Å²) >= 11 is 3.55. The summed E-state index contributed by atoms with van der Waals surface area (Å²) < 4.78 is 18.6. The number of likely N-dealkylation sites (tertiary alicyclic amines) is 1. The second-order valence-electron chi connectivity index (χ2n) is 9.01. The quantitative estimate of drug-likeness (QED) is 0.621. The van der Waals surface area contributed by atoms with Crippen LogP contribution in [0.2, 0.25) is 0 Å². The summed E-state index contributed by atoms with van der Waals surface area (Å²) in [7, 11) is 2.14. The molecule has 29 heavy (non-hydrogen) atoms. The van der Waals surface area contributed by atoms with Crippen LogP contribution in [0.25, 0.3) is 0 Å². The fourth-order valence-corrected chi connectivity index (χ4v) is 6.94. The van der Waals surface area contributed by atoms with Crippen LogP contribution in [0.5, 0.6) is 0 Å². The van der Waals surface area contributed by atoms with E-state index in [1.54, 1.807) is 18.2 Å². The monoisotopic (exact) mass is 432 g/mol. The Balaban J connectivity index is 1.31. The lowest BCUT2D eigenvalue weighted by Crippen LogP contribution is -2.56. The van der Waals surface area contributed by atoms with E-state index >= 15 is 0 Å². The van der Waals surface area contributed by atoms with E-state index in [9.17, 15) is 4.39 Å². The van der Waals surface area contributed by atoms with Crippen LogP contribution in [-0.2, 0) is 13.0 Å². The second-order valence-corrected chi connectivity index (χ2v) is 11.1. The zero-order chi connectivity index (χ0) is 20.0. The van der Waals surface area contributed by atoms with E-state index in [2.05, 4.69) is 32.5 Å². The molecule has 2 aromatic rings. The van der Waals surface area contributed by atoms with E-state index in [1.807, 2.05) is 29.0 Å². The third-order valence-electron chi connectivity index (χ3n) is 6.63. The molecule has 2 atom stereocenters. The smallest absolute Gasteiger partial charge is 0.125 e. The molecule has 1 spiro atoms. The van der Waals surface area contributed by atoms with E-state index in [-0.39, 0.29) is 11.4 Å². The van der Waals surface area contributed by atoms with Gasteiger partial charge >= 0.3 is 0 Å². The number of likely N-dealkylation sites (N-methyl/N-ethyl adjacent to an activating group) is 1. The number of piperidine rings is 1. The zero-order valence-corrected chi connectivity index (χ0v) is 18.8. The van der Waals surface area contributed by atoms with Crippen molar-refractivity contribution >= 4 is 29.2 Å². The predicted molar refractivity (Wildman–Crippen MR) is 119 cm³/mol. The molecule has 2 aliphatic heterocycles. The van der Waals surface area contributed by atoms with E-state index in [4.69, 9.17) is 0 Å². The summed E-state index contributed by atoms with van der Waals surface area (Å²) in [4.78, 5) is 8.75. The van der Waals surface area contributed by atoms with Gasteiger partial charge in [-0.3, -0.25) is 9.21 Å². The maximum atomic E-state index is 13.9. The Hall–Kier alpha value is -1.15. The molecule has 1 aromatic heterocycles. The van der Waals surface area contributed by atoms with Gasteiger partial charge in [0.15, 0.2) is 0 Å². The molecule has 0 radical (unpaired) electrons. The molecule has 7 heteroatoms. The van der Waals surface area contributed by atoms with Crippen LogP contribution in [-0.4, -0.2) is 45.9 Å². The van der Waals surface area contributed by atoms with Gasteiger partial charge in [-0.2, -0.15) is 0 Å². The Morgan fingerprint density at radius 3 is 2.93 bits per heavy atom. The first kappa shape index (κ1) is 19.8. The first-order valence-electron chi connectivity index (χ1n) is 10.6. The molecule has 2 unspecified atom stereocenters. The number of hydrogen-bond acceptors (Lipinski definition) is 6. The maximum absolute atomic E-state index is 13.9. The van der Waals surface area contributed by atoms with Crippen molar-refractivity contribution in [1.82, 2.24) is 14.2 Å². The highest BCUT2D eigenvalue weighted by Crippen LogP contribution is 2.47. The van der Waals surface area contributed by atoms with Crippen LogP contribution in [0.3, 0.4) is 0 Å². The standard InChI is InChI=1S/C22H29FN4S2/c1-16-12-22(14-25(2)29-27(22)19-5-3-4-18(23)11-19)8-9-26(16)13-21-20(24-15-28-21)10-17-6-7-17/h3-5,11,15-17H,6-10,12-14H2,1-2H3. The average Bonchev–Trinajstić information content (AvgIpc) is 3.30. The van der Waals surface area contributed by atoms with Gasteiger partial charge in [0.1, 0.15) is 5.82 Å². The Morgan fingerprint density at radius 2 is 2.17 bits per heavy atom. The van der Waals surface area contributed by atoms with Gasteiger partial charge in [-0.05, 0) is 70.2 Å². The number of halogens is 1. The molecule has 1 saturated carbocycles. The Kier molecular flexibility index (Phi) is 5.35. The summed E-state index contributed by atoms with van der Waals surface area (Å²) in [6.45, 7) is 5.46. The molecule has 3 fully saturated rings. The van der Waals surface area contributed by atoms with Crippen molar-refractivity contribution < 1.29 is 4.39 Å². The minimum absolute atomic E-state index is 0.0632. The van der Waals surface area contributed by atoms with Crippen molar-refractivity contribution in [2.75, 3.05) is 24.4 Å². The highest BCUT2D eigenvalue weighted by Gasteiger charge is 2.49. The topological polar surface area (TPSA) is 22.6 Å². The lowest BCUT2D eigenvalue weighted by molar-refractivity contribution is 0.101. The number of benzene rings is 1. The average molecular weight is 433 g/mol. The van der Waals surface area contributed by atoms with Gasteiger partial charge in [-0.25, -0.2) is 13.7 Å². The molecule has 0 N–H and O–H groups in total. The van der Waals surface area contributed by atoms with Crippen LogP contribution >= 0.6 is 23.5 Å². The van der Waals surface area contributed by atoms with Crippen LogP contribution < -0.4 is 4.31 Å². The SMILES string of the molecule is CC1CC2(CCN1Cc1scnc1CC1CC1)CN(C)SN2c1cccc(F)c1. The lowest BCUT2D eigenvalue weighted by atomic mass is 9.83. The molecular formula is C22H29FN4S2. The molecule has 3 aliphatic rings. The summed E-state index contributed by atoms with van der Waals surface area (Å²) in [5, 5.41) is 0. The van der Waals surface area contributed by atoms with Crippen molar-refractivity contribution in [3.8, 4) is 0 Å². The molecule has 5 rings (SSSR count). The highest BCUT2D eigenvalue weighted by atomic mass is 32.2. The highest BCUT2D eigenvalue weighted by molar-refractivity contribution is 7.98. The van der Waals surface area contributed by atoms with Gasteiger partial charge in [0, 0.05) is 42.7 Å². The number of nitrogens with zero attached hydrogens (tertiary/aromatic N) is 4. The minimum Gasteiger partial charge on any atom is -0.296 e. The number of hydrogen-bond donors (Lipinski definition) is 0. The molecule has 3 heterocycles. The van der Waals surface area contributed by atoms with Crippen molar-refractivity contribution in [3.05, 3.63) is 46.2 Å². The van der Waals surface area contributed by atoms with Gasteiger partial charge in [0.25, 0.3) is 0 Å². The van der Waals surface area contributed by atoms with Gasteiger partial charge in [-0.15, -0.1) is 11.3 Å². The van der Waals surface area contributed by atoms with Crippen LogP contribution in [0.15, 0.2) is 29.8 Å². The normalized spacial score (nSPS) is 28.5. The summed E-state index contributed by atoms with van der Waals surface area (Å²) in [6.07, 6.45) is 6.11. The number of anilines is 1. The van der Waals surface area contributed by atoms with E-state index in [0.29, 0.717) is 6.04 Å². The molecule has 0 amide bonds. The molecule has 2 saturated heterocycles. The molecule has 156 valence electrons. The predicted octanol–water partition coefficient (Wildman–Crippen LogP) is 4.97. The largest absolute Gasteiger partial charge is 0.296 e. The van der Waals surface area contributed by atoms with Gasteiger partial charge in [-0.1, -0.05) is 6.07 Å². The van der Waals surface area contributed by atoms with Crippen LogP contribution in [0.4, 0.5) is 10.1 Å².